The van der Waals surface area contributed by atoms with Gasteiger partial charge in [-0.15, -0.1) is 0 Å². The van der Waals surface area contributed by atoms with Gasteiger partial charge >= 0.3 is 0 Å². The Morgan fingerprint density at radius 3 is 2.38 bits per heavy atom. The van der Waals surface area contributed by atoms with Gasteiger partial charge in [0.2, 0.25) is 5.91 Å². The highest BCUT2D eigenvalue weighted by atomic mass is 16.2. The first-order valence-electron chi connectivity index (χ1n) is 10.3. The zero-order chi connectivity index (χ0) is 18.7. The van der Waals surface area contributed by atoms with Gasteiger partial charge in [-0.3, -0.25) is 9.69 Å². The summed E-state index contributed by atoms with van der Waals surface area (Å²) in [7, 11) is 0. The monoisotopic (exact) mass is 357 g/mol. The lowest BCUT2D eigenvalue weighted by Crippen LogP contribution is -2.49. The molecule has 2 aliphatic heterocycles. The fraction of sp³-hybridized carbons (Fsp3) is 0.682. The molecule has 1 aromatic carbocycles. The average Bonchev–Trinajstić information content (AvgIpc) is 2.99. The summed E-state index contributed by atoms with van der Waals surface area (Å²) in [6.07, 6.45) is 3.59. The number of rotatable bonds is 6. The summed E-state index contributed by atoms with van der Waals surface area (Å²) < 4.78 is 0. The Morgan fingerprint density at radius 1 is 1.08 bits per heavy atom. The van der Waals surface area contributed by atoms with Crippen LogP contribution < -0.4 is 4.90 Å². The quantitative estimate of drug-likeness (QED) is 0.781. The molecule has 144 valence electrons. The van der Waals surface area contributed by atoms with E-state index in [2.05, 4.69) is 61.8 Å². The minimum atomic E-state index is 0.273. The van der Waals surface area contributed by atoms with Crippen LogP contribution in [-0.4, -0.2) is 60.5 Å². The lowest BCUT2D eigenvalue weighted by atomic mass is 9.96. The summed E-state index contributed by atoms with van der Waals surface area (Å²) in [6.45, 7) is 13.5. The highest BCUT2D eigenvalue weighted by Gasteiger charge is 2.27. The van der Waals surface area contributed by atoms with Crippen LogP contribution in [0.2, 0.25) is 0 Å². The Labute approximate surface area is 159 Å². The predicted molar refractivity (Wildman–Crippen MR) is 109 cm³/mol. The van der Waals surface area contributed by atoms with Crippen molar-refractivity contribution in [3.8, 4) is 0 Å². The SMILES string of the molecule is CC(C)N(C(=O)CN1CCC(CN2CCc3ccccc32)CC1)C(C)C. The molecule has 2 heterocycles. The van der Waals surface area contributed by atoms with Crippen LogP contribution in [0.1, 0.15) is 46.1 Å². The number of carbonyl (C=O) groups excluding carboxylic acids is 1. The maximum absolute atomic E-state index is 12.7. The minimum Gasteiger partial charge on any atom is -0.371 e. The summed E-state index contributed by atoms with van der Waals surface area (Å²) >= 11 is 0. The number of hydrogen-bond donors (Lipinski definition) is 0. The van der Waals surface area contributed by atoms with Crippen LogP contribution in [0.3, 0.4) is 0 Å². The topological polar surface area (TPSA) is 26.8 Å². The van der Waals surface area contributed by atoms with Gasteiger partial charge in [0.15, 0.2) is 0 Å². The van der Waals surface area contributed by atoms with Crippen molar-refractivity contribution >= 4 is 11.6 Å². The van der Waals surface area contributed by atoms with Crippen LogP contribution in [0.25, 0.3) is 0 Å². The van der Waals surface area contributed by atoms with Gasteiger partial charge in [-0.25, -0.2) is 0 Å². The minimum absolute atomic E-state index is 0.273. The first-order valence-corrected chi connectivity index (χ1v) is 10.3. The lowest BCUT2D eigenvalue weighted by molar-refractivity contribution is -0.136. The molecule has 1 saturated heterocycles. The molecule has 1 amide bonds. The molecule has 0 aliphatic carbocycles. The van der Waals surface area contributed by atoms with E-state index in [4.69, 9.17) is 0 Å². The zero-order valence-electron chi connectivity index (χ0n) is 16.9. The Bertz CT molecular complexity index is 597. The molecular formula is C22H35N3O. The molecule has 0 saturated carbocycles. The molecule has 0 unspecified atom stereocenters. The summed E-state index contributed by atoms with van der Waals surface area (Å²) in [5.41, 5.74) is 2.94. The van der Waals surface area contributed by atoms with Crippen molar-refractivity contribution in [2.24, 2.45) is 5.92 Å². The molecule has 4 nitrogen and oxygen atoms in total. The van der Waals surface area contributed by atoms with Gasteiger partial charge in [0.1, 0.15) is 0 Å². The molecule has 1 fully saturated rings. The summed E-state index contributed by atoms with van der Waals surface area (Å²) in [5, 5.41) is 0. The van der Waals surface area contributed by atoms with Crippen LogP contribution >= 0.6 is 0 Å². The zero-order valence-corrected chi connectivity index (χ0v) is 16.9. The van der Waals surface area contributed by atoms with Crippen molar-refractivity contribution in [3.05, 3.63) is 29.8 Å². The van der Waals surface area contributed by atoms with Crippen LogP contribution in [-0.2, 0) is 11.2 Å². The second-order valence-electron chi connectivity index (χ2n) is 8.53. The molecule has 4 heteroatoms. The van der Waals surface area contributed by atoms with Gasteiger partial charge in [-0.1, -0.05) is 18.2 Å². The predicted octanol–water partition coefficient (Wildman–Crippen LogP) is 3.41. The van der Waals surface area contributed by atoms with E-state index in [1.165, 1.54) is 37.1 Å². The highest BCUT2D eigenvalue weighted by Crippen LogP contribution is 2.30. The second kappa shape index (κ2) is 8.43. The summed E-state index contributed by atoms with van der Waals surface area (Å²) in [6, 6.07) is 9.38. The smallest absolute Gasteiger partial charge is 0.237 e. The van der Waals surface area contributed by atoms with Gasteiger partial charge in [0, 0.05) is 30.9 Å². The molecule has 0 aromatic heterocycles. The first kappa shape index (κ1) is 19.2. The fourth-order valence-electron chi connectivity index (χ4n) is 4.68. The number of fused-ring (bicyclic) bond motifs is 1. The standard InChI is InChI=1S/C22H35N3O/c1-17(2)25(18(3)4)22(26)16-23-12-9-19(10-13-23)15-24-14-11-20-7-5-6-8-21(20)24/h5-8,17-19H,9-16H2,1-4H3. The van der Waals surface area contributed by atoms with Gasteiger partial charge in [0.05, 0.1) is 6.54 Å². The number of likely N-dealkylation sites (tertiary alicyclic amines) is 1. The molecule has 26 heavy (non-hydrogen) atoms. The molecule has 0 atom stereocenters. The number of piperidine rings is 1. The van der Waals surface area contributed by atoms with E-state index in [1.807, 2.05) is 4.90 Å². The molecule has 0 N–H and O–H groups in total. The molecule has 3 rings (SSSR count). The van der Waals surface area contributed by atoms with Crippen molar-refractivity contribution in [1.82, 2.24) is 9.80 Å². The Kier molecular flexibility index (Phi) is 6.23. The maximum Gasteiger partial charge on any atom is 0.237 e. The van der Waals surface area contributed by atoms with E-state index in [1.54, 1.807) is 0 Å². The number of para-hydroxylation sites is 1. The highest BCUT2D eigenvalue weighted by molar-refractivity contribution is 5.78. The van der Waals surface area contributed by atoms with E-state index in [0.717, 1.165) is 25.6 Å². The van der Waals surface area contributed by atoms with Crippen molar-refractivity contribution in [2.45, 2.75) is 59.0 Å². The molecule has 1 aromatic rings. The van der Waals surface area contributed by atoms with E-state index < -0.39 is 0 Å². The third kappa shape index (κ3) is 4.40. The van der Waals surface area contributed by atoms with E-state index in [9.17, 15) is 4.79 Å². The van der Waals surface area contributed by atoms with Crippen molar-refractivity contribution in [1.29, 1.82) is 0 Å². The average molecular weight is 358 g/mol. The normalized spacial score (nSPS) is 18.6. The molecular weight excluding hydrogens is 322 g/mol. The third-order valence-electron chi connectivity index (χ3n) is 5.93. The van der Waals surface area contributed by atoms with E-state index in [0.29, 0.717) is 6.54 Å². The van der Waals surface area contributed by atoms with E-state index in [-0.39, 0.29) is 18.0 Å². The number of benzene rings is 1. The Balaban J connectivity index is 1.47. The number of anilines is 1. The maximum atomic E-state index is 12.7. The fourth-order valence-corrected chi connectivity index (χ4v) is 4.68. The first-order chi connectivity index (χ1) is 12.5. The molecule has 0 radical (unpaired) electrons. The molecule has 0 spiro atoms. The second-order valence-corrected chi connectivity index (χ2v) is 8.53. The van der Waals surface area contributed by atoms with Crippen LogP contribution in [0, 0.1) is 5.92 Å². The molecule has 0 bridgehead atoms. The van der Waals surface area contributed by atoms with Gasteiger partial charge in [-0.2, -0.15) is 0 Å². The largest absolute Gasteiger partial charge is 0.371 e. The summed E-state index contributed by atoms with van der Waals surface area (Å²) in [5.74, 6) is 1.03. The van der Waals surface area contributed by atoms with E-state index >= 15 is 0 Å². The van der Waals surface area contributed by atoms with Crippen LogP contribution in [0.4, 0.5) is 5.69 Å². The van der Waals surface area contributed by atoms with Gasteiger partial charge in [0.25, 0.3) is 0 Å². The number of amides is 1. The lowest BCUT2D eigenvalue weighted by Gasteiger charge is -2.37. The third-order valence-corrected chi connectivity index (χ3v) is 5.93. The number of carbonyl (C=O) groups is 1. The number of hydrogen-bond acceptors (Lipinski definition) is 3. The van der Waals surface area contributed by atoms with Gasteiger partial charge in [-0.05, 0) is 77.6 Å². The Morgan fingerprint density at radius 2 is 1.73 bits per heavy atom. The number of nitrogens with zero attached hydrogens (tertiary/aromatic N) is 3. The van der Waals surface area contributed by atoms with Crippen LogP contribution in [0.5, 0.6) is 0 Å². The summed E-state index contributed by atoms with van der Waals surface area (Å²) in [4.78, 5) is 19.6. The van der Waals surface area contributed by atoms with Crippen molar-refractivity contribution in [3.63, 3.8) is 0 Å². The van der Waals surface area contributed by atoms with Crippen LogP contribution in [0.15, 0.2) is 24.3 Å². The van der Waals surface area contributed by atoms with Crippen molar-refractivity contribution in [2.75, 3.05) is 37.6 Å². The van der Waals surface area contributed by atoms with Crippen molar-refractivity contribution < 1.29 is 4.79 Å². The van der Waals surface area contributed by atoms with Gasteiger partial charge < -0.3 is 9.80 Å². The Hall–Kier alpha value is -1.55. The molecule has 2 aliphatic rings.